The summed E-state index contributed by atoms with van der Waals surface area (Å²) in [5, 5.41) is 9.65. The van der Waals surface area contributed by atoms with Gasteiger partial charge in [-0.3, -0.25) is 4.79 Å². The Morgan fingerprint density at radius 2 is 1.68 bits per heavy atom. The summed E-state index contributed by atoms with van der Waals surface area (Å²) < 4.78 is 22.7. The largest absolute Gasteiger partial charge is 0.497 e. The number of amides is 1. The number of aromatic nitrogens is 1. The molecule has 0 spiro atoms. The monoisotopic (exact) mass is 498 g/mol. The maximum atomic E-state index is 12.8. The number of aryl methyl sites for hydroxylation is 1. The molecular weight excluding hydrogens is 472 g/mol. The molecule has 0 N–H and O–H groups in total. The molecule has 5 rings (SSSR count). The van der Waals surface area contributed by atoms with Crippen molar-refractivity contribution < 1.29 is 23.1 Å². The van der Waals surface area contributed by atoms with Crippen molar-refractivity contribution in [2.24, 2.45) is 0 Å². The second-order valence-electron chi connectivity index (χ2n) is 8.66. The minimum Gasteiger partial charge on any atom is -0.497 e. The summed E-state index contributed by atoms with van der Waals surface area (Å²) >= 11 is 0. The Bertz CT molecular complexity index is 1410. The fourth-order valence-electron chi connectivity index (χ4n) is 4.09. The molecule has 0 radical (unpaired) electrons. The zero-order valence-corrected chi connectivity index (χ0v) is 20.6. The Hall–Kier alpha value is -4.71. The minimum atomic E-state index is -0.00149. The van der Waals surface area contributed by atoms with Gasteiger partial charge in [-0.15, -0.1) is 0 Å². The van der Waals surface area contributed by atoms with Gasteiger partial charge in [-0.25, -0.2) is 0 Å². The van der Waals surface area contributed by atoms with Gasteiger partial charge in [-0.2, -0.15) is 10.2 Å². The summed E-state index contributed by atoms with van der Waals surface area (Å²) in [5.74, 6) is 3.03. The van der Waals surface area contributed by atoms with E-state index < -0.39 is 0 Å². The van der Waals surface area contributed by atoms with Gasteiger partial charge < -0.3 is 28.1 Å². The van der Waals surface area contributed by atoms with Crippen LogP contribution in [-0.4, -0.2) is 49.1 Å². The van der Waals surface area contributed by atoms with Crippen LogP contribution < -0.4 is 14.4 Å². The number of oxazole rings is 1. The van der Waals surface area contributed by atoms with Crippen molar-refractivity contribution in [1.82, 2.24) is 9.88 Å². The number of methoxy groups -OCH3 is 1. The van der Waals surface area contributed by atoms with Gasteiger partial charge in [-0.05, 0) is 55.5 Å². The Kier molecular flexibility index (Phi) is 6.81. The molecule has 37 heavy (non-hydrogen) atoms. The van der Waals surface area contributed by atoms with Crippen molar-refractivity contribution in [3.63, 3.8) is 0 Å². The summed E-state index contributed by atoms with van der Waals surface area (Å²) in [5.41, 5.74) is 1.96. The van der Waals surface area contributed by atoms with E-state index in [1.165, 1.54) is 0 Å². The fraction of sp³-hybridized carbons (Fsp3) is 0.250. The first-order valence-electron chi connectivity index (χ1n) is 11.9. The molecular formula is C28H26N4O5. The molecule has 3 heterocycles. The van der Waals surface area contributed by atoms with Gasteiger partial charge in [0.15, 0.2) is 5.76 Å². The number of piperazine rings is 1. The number of anilines is 1. The molecule has 188 valence electrons. The van der Waals surface area contributed by atoms with Crippen molar-refractivity contribution in [1.29, 1.82) is 5.26 Å². The molecule has 1 saturated heterocycles. The van der Waals surface area contributed by atoms with Crippen molar-refractivity contribution in [3.05, 3.63) is 83.2 Å². The quantitative estimate of drug-likeness (QED) is 0.362. The number of rotatable bonds is 7. The average Bonchev–Trinajstić information content (AvgIpc) is 3.60. The lowest BCUT2D eigenvalue weighted by atomic mass is 10.1. The van der Waals surface area contributed by atoms with Gasteiger partial charge in [0.25, 0.3) is 11.8 Å². The molecule has 0 atom stereocenters. The fourth-order valence-corrected chi connectivity index (χ4v) is 4.09. The van der Waals surface area contributed by atoms with E-state index in [-0.39, 0.29) is 24.1 Å². The molecule has 1 fully saturated rings. The first-order valence-corrected chi connectivity index (χ1v) is 11.9. The van der Waals surface area contributed by atoms with E-state index in [1.54, 1.807) is 19.2 Å². The molecule has 0 aliphatic carbocycles. The number of carbonyl (C=O) groups is 1. The van der Waals surface area contributed by atoms with E-state index in [2.05, 4.69) is 11.1 Å². The number of ether oxygens (including phenoxy) is 2. The highest BCUT2D eigenvalue weighted by molar-refractivity contribution is 5.94. The van der Waals surface area contributed by atoms with Crippen LogP contribution in [-0.2, 0) is 6.61 Å². The topological polar surface area (TPSA) is 105 Å². The molecule has 2 aromatic heterocycles. The number of hydrogen-bond acceptors (Lipinski definition) is 8. The number of carbonyl (C=O) groups excluding carboxylic acids is 1. The molecule has 9 heteroatoms. The molecule has 1 amide bonds. The third kappa shape index (κ3) is 5.28. The van der Waals surface area contributed by atoms with Crippen molar-refractivity contribution in [2.45, 2.75) is 13.5 Å². The minimum absolute atomic E-state index is 0.00149. The second-order valence-corrected chi connectivity index (χ2v) is 8.66. The van der Waals surface area contributed by atoms with E-state index in [0.29, 0.717) is 54.9 Å². The lowest BCUT2D eigenvalue weighted by Gasteiger charge is -2.34. The maximum absolute atomic E-state index is 12.8. The third-order valence-corrected chi connectivity index (χ3v) is 6.18. The van der Waals surface area contributed by atoms with E-state index >= 15 is 0 Å². The molecule has 0 saturated carbocycles. The summed E-state index contributed by atoms with van der Waals surface area (Å²) in [6.45, 7) is 4.30. The van der Waals surface area contributed by atoms with Gasteiger partial charge in [0, 0.05) is 31.7 Å². The molecule has 0 unspecified atom stereocenters. The van der Waals surface area contributed by atoms with Gasteiger partial charge in [-0.1, -0.05) is 17.7 Å². The highest BCUT2D eigenvalue weighted by Gasteiger charge is 2.27. The zero-order valence-electron chi connectivity index (χ0n) is 20.6. The maximum Gasteiger partial charge on any atom is 0.266 e. The molecule has 2 aromatic carbocycles. The van der Waals surface area contributed by atoms with Crippen LogP contribution in [0.5, 0.6) is 11.5 Å². The summed E-state index contributed by atoms with van der Waals surface area (Å²) in [7, 11) is 1.61. The molecule has 1 aliphatic rings. The van der Waals surface area contributed by atoms with Crippen LogP contribution in [0.15, 0.2) is 69.5 Å². The highest BCUT2D eigenvalue weighted by atomic mass is 16.5. The number of nitrogens with zero attached hydrogens (tertiary/aromatic N) is 4. The number of benzene rings is 2. The van der Waals surface area contributed by atoms with Gasteiger partial charge in [0.1, 0.15) is 29.9 Å². The van der Waals surface area contributed by atoms with E-state index in [0.717, 1.165) is 11.3 Å². The van der Waals surface area contributed by atoms with Crippen LogP contribution >= 0.6 is 0 Å². The molecule has 0 bridgehead atoms. The van der Waals surface area contributed by atoms with Gasteiger partial charge in [0.2, 0.25) is 11.6 Å². The average molecular weight is 499 g/mol. The first-order chi connectivity index (χ1) is 18.0. The Morgan fingerprint density at radius 1 is 0.973 bits per heavy atom. The normalized spacial score (nSPS) is 13.3. The van der Waals surface area contributed by atoms with Gasteiger partial charge in [0.05, 0.1) is 7.11 Å². The van der Waals surface area contributed by atoms with Crippen molar-refractivity contribution in [2.75, 3.05) is 38.2 Å². The number of hydrogen-bond donors (Lipinski definition) is 0. The first kappa shape index (κ1) is 24.0. The van der Waals surface area contributed by atoms with Crippen molar-refractivity contribution >= 4 is 11.8 Å². The smallest absolute Gasteiger partial charge is 0.266 e. The lowest BCUT2D eigenvalue weighted by molar-refractivity contribution is 0.0745. The van der Waals surface area contributed by atoms with Crippen molar-refractivity contribution in [3.8, 4) is 29.2 Å². The second kappa shape index (κ2) is 10.5. The molecule has 4 aromatic rings. The Morgan fingerprint density at radius 3 is 2.35 bits per heavy atom. The number of furan rings is 1. The predicted molar refractivity (Wildman–Crippen MR) is 136 cm³/mol. The summed E-state index contributed by atoms with van der Waals surface area (Å²) in [4.78, 5) is 20.9. The summed E-state index contributed by atoms with van der Waals surface area (Å²) in [6, 6.07) is 20.5. The molecule has 1 aliphatic heterocycles. The van der Waals surface area contributed by atoms with E-state index in [4.69, 9.17) is 18.3 Å². The Balaban J connectivity index is 1.22. The zero-order chi connectivity index (χ0) is 25.8. The van der Waals surface area contributed by atoms with Gasteiger partial charge >= 0.3 is 0 Å². The predicted octanol–water partition coefficient (Wildman–Crippen LogP) is 4.66. The highest BCUT2D eigenvalue weighted by Crippen LogP contribution is 2.30. The van der Waals surface area contributed by atoms with Crippen LogP contribution in [0, 0.1) is 18.3 Å². The summed E-state index contributed by atoms with van der Waals surface area (Å²) in [6.07, 6.45) is 0. The van der Waals surface area contributed by atoms with Crippen LogP contribution in [0.1, 0.15) is 27.4 Å². The molecule has 9 nitrogen and oxygen atoms in total. The van der Waals surface area contributed by atoms with Crippen LogP contribution in [0.3, 0.4) is 0 Å². The van der Waals surface area contributed by atoms with Crippen LogP contribution in [0.25, 0.3) is 11.7 Å². The van der Waals surface area contributed by atoms with Crippen LogP contribution in [0.2, 0.25) is 0 Å². The third-order valence-electron chi connectivity index (χ3n) is 6.18. The SMILES string of the molecule is COc1ccc(OCc2ccc(-c3nc(C#N)c(N4CCN(C(=O)c5ccc(C)cc5)CC4)o3)o2)cc1. The Labute approximate surface area is 214 Å². The standard InChI is InChI=1S/C28H26N4O5/c1-19-3-5-20(6-4-19)27(33)31-13-15-32(16-14-31)28-24(17-29)30-26(37-28)25-12-11-23(36-25)18-35-22-9-7-21(34-2)8-10-22/h3-12H,13-16,18H2,1-2H3. The van der Waals surface area contributed by atoms with E-state index in [1.807, 2.05) is 65.3 Å². The van der Waals surface area contributed by atoms with Crippen LogP contribution in [0.4, 0.5) is 5.88 Å². The number of nitriles is 1. The lowest BCUT2D eigenvalue weighted by Crippen LogP contribution is -2.48. The van der Waals surface area contributed by atoms with E-state index in [9.17, 15) is 10.1 Å².